The highest BCUT2D eigenvalue weighted by Gasteiger charge is 2.23. The summed E-state index contributed by atoms with van der Waals surface area (Å²) in [5.41, 5.74) is 1.86. The number of rotatable bonds is 7. The van der Waals surface area contributed by atoms with Gasteiger partial charge in [-0.05, 0) is 43.4 Å². The number of nitrogens with zero attached hydrogens (tertiary/aromatic N) is 3. The minimum atomic E-state index is 0. The smallest absolute Gasteiger partial charge is 0.233 e. The van der Waals surface area contributed by atoms with E-state index in [-0.39, 0.29) is 25.1 Å². The van der Waals surface area contributed by atoms with Crippen LogP contribution in [0.1, 0.15) is 12.0 Å². The standard InChI is InChI=1S/C25H25N3O3S.ClH/c1-27(2)11-6-12-28(24(29)13-18-9-5-8-17-7-3-4-10-19(17)18)25-26-20-14-21-22(31-16-30-21)15-23(20)32-25;/h3-5,7-10,14-15H,6,11-13,16H2,1-2H3;1H. The summed E-state index contributed by atoms with van der Waals surface area (Å²) in [6, 6.07) is 18.2. The van der Waals surface area contributed by atoms with Crippen LogP contribution in [0.5, 0.6) is 11.5 Å². The van der Waals surface area contributed by atoms with E-state index in [1.807, 2.05) is 55.4 Å². The predicted molar refractivity (Wildman–Crippen MR) is 136 cm³/mol. The monoisotopic (exact) mass is 483 g/mol. The molecular weight excluding hydrogens is 458 g/mol. The number of ether oxygens (including phenoxy) is 2. The molecule has 0 aliphatic carbocycles. The third kappa shape index (κ3) is 4.90. The molecule has 0 bridgehead atoms. The Morgan fingerprint density at radius 2 is 1.79 bits per heavy atom. The van der Waals surface area contributed by atoms with E-state index in [9.17, 15) is 4.79 Å². The number of thiazole rings is 1. The van der Waals surface area contributed by atoms with Gasteiger partial charge in [-0.2, -0.15) is 0 Å². The van der Waals surface area contributed by atoms with Crippen molar-refractivity contribution in [3.8, 4) is 11.5 Å². The van der Waals surface area contributed by atoms with Gasteiger partial charge >= 0.3 is 0 Å². The molecule has 8 heteroatoms. The van der Waals surface area contributed by atoms with E-state index in [4.69, 9.17) is 14.5 Å². The van der Waals surface area contributed by atoms with E-state index in [0.717, 1.165) is 45.3 Å². The minimum Gasteiger partial charge on any atom is -0.454 e. The van der Waals surface area contributed by atoms with Crippen molar-refractivity contribution < 1.29 is 14.3 Å². The van der Waals surface area contributed by atoms with Gasteiger partial charge in [0.05, 0.1) is 16.6 Å². The Balaban J connectivity index is 0.00000259. The van der Waals surface area contributed by atoms with Crippen LogP contribution in [0.15, 0.2) is 54.6 Å². The molecule has 0 N–H and O–H groups in total. The molecule has 172 valence electrons. The van der Waals surface area contributed by atoms with Gasteiger partial charge in [0.2, 0.25) is 12.7 Å². The zero-order chi connectivity index (χ0) is 22.1. The first-order valence-corrected chi connectivity index (χ1v) is 11.5. The molecule has 1 aliphatic heterocycles. The summed E-state index contributed by atoms with van der Waals surface area (Å²) in [7, 11) is 4.09. The number of aromatic nitrogens is 1. The average molecular weight is 484 g/mol. The number of anilines is 1. The molecule has 0 atom stereocenters. The summed E-state index contributed by atoms with van der Waals surface area (Å²) in [5.74, 6) is 1.49. The fourth-order valence-electron chi connectivity index (χ4n) is 4.00. The van der Waals surface area contributed by atoms with Crippen molar-refractivity contribution in [1.29, 1.82) is 0 Å². The largest absolute Gasteiger partial charge is 0.454 e. The molecule has 1 aromatic heterocycles. The van der Waals surface area contributed by atoms with Crippen LogP contribution in [0.4, 0.5) is 5.13 Å². The molecule has 0 saturated heterocycles. The van der Waals surface area contributed by atoms with Crippen LogP contribution in [0.25, 0.3) is 21.0 Å². The van der Waals surface area contributed by atoms with E-state index in [0.29, 0.717) is 23.8 Å². The summed E-state index contributed by atoms with van der Waals surface area (Å²) in [4.78, 5) is 22.3. The Bertz CT molecular complexity index is 1240. The van der Waals surface area contributed by atoms with Crippen LogP contribution in [-0.4, -0.2) is 49.8 Å². The number of amides is 1. The van der Waals surface area contributed by atoms with Crippen molar-refractivity contribution in [1.82, 2.24) is 9.88 Å². The van der Waals surface area contributed by atoms with Gasteiger partial charge in [-0.15, -0.1) is 12.4 Å². The molecule has 33 heavy (non-hydrogen) atoms. The summed E-state index contributed by atoms with van der Waals surface area (Å²) in [6.45, 7) is 1.76. The van der Waals surface area contributed by atoms with Gasteiger partial charge in [0.25, 0.3) is 0 Å². The Morgan fingerprint density at radius 1 is 1.03 bits per heavy atom. The third-order valence-electron chi connectivity index (χ3n) is 5.61. The molecular formula is C25H26ClN3O3S. The number of hydrogen-bond donors (Lipinski definition) is 0. The van der Waals surface area contributed by atoms with Crippen LogP contribution in [0.2, 0.25) is 0 Å². The lowest BCUT2D eigenvalue weighted by molar-refractivity contribution is -0.118. The van der Waals surface area contributed by atoms with Gasteiger partial charge in [-0.1, -0.05) is 53.8 Å². The summed E-state index contributed by atoms with van der Waals surface area (Å²) in [6.07, 6.45) is 1.20. The molecule has 6 nitrogen and oxygen atoms in total. The lowest BCUT2D eigenvalue weighted by atomic mass is 10.0. The summed E-state index contributed by atoms with van der Waals surface area (Å²) in [5, 5.41) is 2.98. The number of halogens is 1. The molecule has 5 rings (SSSR count). The van der Waals surface area contributed by atoms with E-state index in [2.05, 4.69) is 23.1 Å². The van der Waals surface area contributed by atoms with E-state index in [1.54, 1.807) is 0 Å². The van der Waals surface area contributed by atoms with Gasteiger partial charge < -0.3 is 14.4 Å². The fraction of sp³-hybridized carbons (Fsp3) is 0.280. The van der Waals surface area contributed by atoms with Crippen molar-refractivity contribution in [2.24, 2.45) is 0 Å². The van der Waals surface area contributed by atoms with Crippen LogP contribution in [0.3, 0.4) is 0 Å². The number of carbonyl (C=O) groups is 1. The molecule has 4 aromatic rings. The van der Waals surface area contributed by atoms with E-state index >= 15 is 0 Å². The number of benzene rings is 3. The Kier molecular flexibility index (Phi) is 7.02. The molecule has 2 heterocycles. The molecule has 1 amide bonds. The minimum absolute atomic E-state index is 0. The Morgan fingerprint density at radius 3 is 2.61 bits per heavy atom. The second-order valence-corrected chi connectivity index (χ2v) is 9.20. The first-order valence-electron chi connectivity index (χ1n) is 10.7. The number of fused-ring (bicyclic) bond motifs is 3. The highest BCUT2D eigenvalue weighted by molar-refractivity contribution is 7.22. The highest BCUT2D eigenvalue weighted by atomic mass is 35.5. The van der Waals surface area contributed by atoms with Gasteiger partial charge in [-0.3, -0.25) is 9.69 Å². The maximum atomic E-state index is 13.5. The number of carbonyl (C=O) groups excluding carboxylic acids is 1. The van der Waals surface area contributed by atoms with Crippen molar-refractivity contribution in [3.63, 3.8) is 0 Å². The Labute approximate surface area is 203 Å². The zero-order valence-corrected chi connectivity index (χ0v) is 20.2. The SMILES string of the molecule is CN(C)CCCN(C(=O)Cc1cccc2ccccc12)c1nc2cc3c(cc2s1)OCO3.Cl. The summed E-state index contributed by atoms with van der Waals surface area (Å²) >= 11 is 1.52. The van der Waals surface area contributed by atoms with Gasteiger partial charge in [0.15, 0.2) is 16.6 Å². The summed E-state index contributed by atoms with van der Waals surface area (Å²) < 4.78 is 12.0. The van der Waals surface area contributed by atoms with Crippen LogP contribution < -0.4 is 14.4 Å². The van der Waals surface area contributed by atoms with Crippen LogP contribution in [-0.2, 0) is 11.2 Å². The molecule has 0 unspecified atom stereocenters. The van der Waals surface area contributed by atoms with Crippen molar-refractivity contribution in [3.05, 3.63) is 60.2 Å². The molecule has 0 saturated carbocycles. The topological polar surface area (TPSA) is 54.9 Å². The van der Waals surface area contributed by atoms with Crippen molar-refractivity contribution in [2.75, 3.05) is 38.9 Å². The predicted octanol–water partition coefficient (Wildman–Crippen LogP) is 5.13. The molecule has 1 aliphatic rings. The number of hydrogen-bond acceptors (Lipinski definition) is 6. The molecule has 0 spiro atoms. The molecule has 3 aromatic carbocycles. The maximum absolute atomic E-state index is 13.5. The van der Waals surface area contributed by atoms with Crippen molar-refractivity contribution in [2.45, 2.75) is 12.8 Å². The lowest BCUT2D eigenvalue weighted by Gasteiger charge is -2.21. The second kappa shape index (κ2) is 9.95. The highest BCUT2D eigenvalue weighted by Crippen LogP contribution is 2.40. The second-order valence-electron chi connectivity index (χ2n) is 8.19. The third-order valence-corrected chi connectivity index (χ3v) is 6.65. The maximum Gasteiger partial charge on any atom is 0.233 e. The van der Waals surface area contributed by atoms with Gasteiger partial charge in [-0.25, -0.2) is 4.98 Å². The molecule has 0 radical (unpaired) electrons. The first-order chi connectivity index (χ1) is 15.6. The van der Waals surface area contributed by atoms with E-state index < -0.39 is 0 Å². The first kappa shape index (κ1) is 23.3. The van der Waals surface area contributed by atoms with Gasteiger partial charge in [0, 0.05) is 18.7 Å². The zero-order valence-electron chi connectivity index (χ0n) is 18.6. The normalized spacial score (nSPS) is 12.3. The van der Waals surface area contributed by atoms with E-state index in [1.165, 1.54) is 11.3 Å². The lowest BCUT2D eigenvalue weighted by Crippen LogP contribution is -2.34. The van der Waals surface area contributed by atoms with Crippen LogP contribution >= 0.6 is 23.7 Å². The molecule has 0 fully saturated rings. The quantitative estimate of drug-likeness (QED) is 0.365. The van der Waals surface area contributed by atoms with Crippen LogP contribution in [0, 0.1) is 0 Å². The van der Waals surface area contributed by atoms with Gasteiger partial charge in [0.1, 0.15) is 0 Å². The van der Waals surface area contributed by atoms with Crippen molar-refractivity contribution >= 4 is 55.8 Å². The fourth-order valence-corrected chi connectivity index (χ4v) is 5.02. The average Bonchev–Trinajstić information content (AvgIpc) is 3.40. The Hall–Kier alpha value is -2.87.